The van der Waals surface area contributed by atoms with E-state index in [1.54, 1.807) is 0 Å². The van der Waals surface area contributed by atoms with E-state index in [0.29, 0.717) is 18.1 Å². The van der Waals surface area contributed by atoms with Gasteiger partial charge in [-0.05, 0) is 62.3 Å². The molecule has 0 atom stereocenters. The minimum Gasteiger partial charge on any atom is -0.378 e. The molecule has 2 aliphatic rings. The van der Waals surface area contributed by atoms with Crippen molar-refractivity contribution in [3.8, 4) is 0 Å². The van der Waals surface area contributed by atoms with Crippen LogP contribution in [0.1, 0.15) is 37.3 Å². The molecule has 1 saturated carbocycles. The van der Waals surface area contributed by atoms with Crippen LogP contribution < -0.4 is 11.1 Å². The lowest BCUT2D eigenvalue weighted by Gasteiger charge is -2.32. The zero-order chi connectivity index (χ0) is 13.9. The molecule has 3 rings (SSSR count). The molecule has 0 bridgehead atoms. The van der Waals surface area contributed by atoms with Crippen molar-refractivity contribution in [2.45, 2.75) is 51.2 Å². The Morgan fingerprint density at radius 1 is 1.35 bits per heavy atom. The molecular weight excluding hydrogens is 250 g/mol. The lowest BCUT2D eigenvalue weighted by atomic mass is 9.90. The molecule has 0 aromatic heterocycles. The van der Waals surface area contributed by atoms with Crippen LogP contribution in [0, 0.1) is 0 Å². The molecule has 1 aromatic carbocycles. The fourth-order valence-electron chi connectivity index (χ4n) is 3.04. The number of nitrogens with one attached hydrogen (secondary N) is 1. The van der Waals surface area contributed by atoms with Crippen LogP contribution in [0.4, 0.5) is 5.69 Å². The highest BCUT2D eigenvalue weighted by Crippen LogP contribution is 2.27. The normalized spacial score (nSPS) is 25.1. The number of hydrogen-bond donors (Lipinski definition) is 2. The lowest BCUT2D eigenvalue weighted by Crippen LogP contribution is -2.37. The van der Waals surface area contributed by atoms with E-state index >= 15 is 0 Å². The van der Waals surface area contributed by atoms with Crippen LogP contribution in [-0.2, 0) is 17.6 Å². The van der Waals surface area contributed by atoms with Crippen molar-refractivity contribution in [1.82, 2.24) is 0 Å². The largest absolute Gasteiger partial charge is 0.378 e. The van der Waals surface area contributed by atoms with E-state index in [9.17, 15) is 0 Å². The Kier molecular flexibility index (Phi) is 3.92. The molecular formula is C16H23N3O. The van der Waals surface area contributed by atoms with Gasteiger partial charge in [0.05, 0.1) is 12.1 Å². The van der Waals surface area contributed by atoms with Gasteiger partial charge in [0.15, 0.2) is 5.96 Å². The van der Waals surface area contributed by atoms with Gasteiger partial charge in [-0.3, -0.25) is 0 Å². The van der Waals surface area contributed by atoms with E-state index < -0.39 is 0 Å². The van der Waals surface area contributed by atoms with Crippen molar-refractivity contribution >= 4 is 11.6 Å². The van der Waals surface area contributed by atoms with Crippen LogP contribution in [0.25, 0.3) is 0 Å². The highest BCUT2D eigenvalue weighted by Gasteiger charge is 2.29. The predicted molar refractivity (Wildman–Crippen MR) is 82.1 cm³/mol. The smallest absolute Gasteiger partial charge is 0.193 e. The first-order chi connectivity index (χ1) is 9.74. The Morgan fingerprint density at radius 3 is 2.95 bits per heavy atom. The summed E-state index contributed by atoms with van der Waals surface area (Å²) >= 11 is 0. The Morgan fingerprint density at radius 2 is 2.15 bits per heavy atom. The fourth-order valence-corrected chi connectivity index (χ4v) is 3.04. The average molecular weight is 273 g/mol. The number of ether oxygens (including phenoxy) is 1. The number of aryl methyl sites for hydroxylation is 2. The standard InChI is InChI=1S/C16H23N3O/c1-2-20-15-9-14(10-15)19-16(17)18-13-7-6-11-4-3-5-12(11)8-13/h6-8,14-15H,2-5,9-10H2,1H3,(H3,17,18,19). The van der Waals surface area contributed by atoms with E-state index in [1.807, 2.05) is 6.92 Å². The van der Waals surface area contributed by atoms with Gasteiger partial charge in [0, 0.05) is 12.3 Å². The van der Waals surface area contributed by atoms with Gasteiger partial charge in [-0.2, -0.15) is 0 Å². The molecule has 0 spiro atoms. The van der Waals surface area contributed by atoms with Gasteiger partial charge in [0.2, 0.25) is 0 Å². The molecule has 0 heterocycles. The quantitative estimate of drug-likeness (QED) is 0.654. The summed E-state index contributed by atoms with van der Waals surface area (Å²) in [6, 6.07) is 6.81. The van der Waals surface area contributed by atoms with E-state index in [4.69, 9.17) is 10.5 Å². The van der Waals surface area contributed by atoms with Gasteiger partial charge in [-0.1, -0.05) is 6.07 Å². The first-order valence-corrected chi connectivity index (χ1v) is 7.58. The van der Waals surface area contributed by atoms with Gasteiger partial charge in [0.25, 0.3) is 0 Å². The van der Waals surface area contributed by atoms with E-state index in [2.05, 4.69) is 28.5 Å². The topological polar surface area (TPSA) is 59.6 Å². The summed E-state index contributed by atoms with van der Waals surface area (Å²) in [5.41, 5.74) is 9.95. The first kappa shape index (κ1) is 13.4. The van der Waals surface area contributed by atoms with Gasteiger partial charge >= 0.3 is 0 Å². The number of fused-ring (bicyclic) bond motifs is 1. The molecule has 1 aromatic rings. The fraction of sp³-hybridized carbons (Fsp3) is 0.562. The summed E-state index contributed by atoms with van der Waals surface area (Å²) < 4.78 is 5.53. The number of hydrogen-bond acceptors (Lipinski definition) is 2. The maximum atomic E-state index is 5.98. The third-order valence-electron chi connectivity index (χ3n) is 4.16. The van der Waals surface area contributed by atoms with Crippen LogP contribution in [0.3, 0.4) is 0 Å². The van der Waals surface area contributed by atoms with Crippen molar-refractivity contribution in [3.63, 3.8) is 0 Å². The summed E-state index contributed by atoms with van der Waals surface area (Å²) in [5.74, 6) is 0.517. The van der Waals surface area contributed by atoms with Gasteiger partial charge < -0.3 is 15.8 Å². The molecule has 0 saturated heterocycles. The first-order valence-electron chi connectivity index (χ1n) is 7.58. The number of aliphatic imine (C=N–C) groups is 1. The molecule has 2 aliphatic carbocycles. The number of rotatable bonds is 4. The highest BCUT2D eigenvalue weighted by molar-refractivity contribution is 5.92. The average Bonchev–Trinajstić information content (AvgIpc) is 2.83. The van der Waals surface area contributed by atoms with Crippen molar-refractivity contribution in [2.24, 2.45) is 10.7 Å². The van der Waals surface area contributed by atoms with Crippen molar-refractivity contribution < 1.29 is 4.74 Å². The molecule has 108 valence electrons. The third-order valence-corrected chi connectivity index (χ3v) is 4.16. The summed E-state index contributed by atoms with van der Waals surface area (Å²) in [6.07, 6.45) is 6.01. The Hall–Kier alpha value is -1.55. The van der Waals surface area contributed by atoms with Gasteiger partial charge in [0.1, 0.15) is 0 Å². The number of anilines is 1. The van der Waals surface area contributed by atoms with E-state index in [0.717, 1.165) is 25.1 Å². The second kappa shape index (κ2) is 5.83. The van der Waals surface area contributed by atoms with Crippen molar-refractivity contribution in [3.05, 3.63) is 29.3 Å². The third kappa shape index (κ3) is 2.96. The number of nitrogens with two attached hydrogens (primary N) is 1. The molecule has 4 heteroatoms. The van der Waals surface area contributed by atoms with Crippen molar-refractivity contribution in [2.75, 3.05) is 11.9 Å². The molecule has 20 heavy (non-hydrogen) atoms. The van der Waals surface area contributed by atoms with Crippen LogP contribution in [0.15, 0.2) is 23.2 Å². The summed E-state index contributed by atoms with van der Waals surface area (Å²) in [5, 5.41) is 3.20. The van der Waals surface area contributed by atoms with E-state index in [1.165, 1.54) is 30.4 Å². The molecule has 0 amide bonds. The number of benzene rings is 1. The minimum absolute atomic E-state index is 0.313. The zero-order valence-electron chi connectivity index (χ0n) is 12.1. The molecule has 1 fully saturated rings. The minimum atomic E-state index is 0.313. The molecule has 0 unspecified atom stereocenters. The van der Waals surface area contributed by atoms with Gasteiger partial charge in [-0.25, -0.2) is 4.99 Å². The molecule has 0 aliphatic heterocycles. The van der Waals surface area contributed by atoms with Gasteiger partial charge in [-0.15, -0.1) is 0 Å². The zero-order valence-corrected chi connectivity index (χ0v) is 12.1. The Balaban J connectivity index is 1.55. The monoisotopic (exact) mass is 273 g/mol. The summed E-state index contributed by atoms with van der Waals surface area (Å²) in [4.78, 5) is 4.51. The Labute approximate surface area is 120 Å². The number of nitrogens with zero attached hydrogens (tertiary/aromatic N) is 1. The van der Waals surface area contributed by atoms with Crippen LogP contribution in [0.2, 0.25) is 0 Å². The van der Waals surface area contributed by atoms with Crippen LogP contribution in [-0.4, -0.2) is 24.7 Å². The summed E-state index contributed by atoms with van der Waals surface area (Å²) in [6.45, 7) is 2.81. The number of guanidine groups is 1. The Bertz CT molecular complexity index is 506. The lowest BCUT2D eigenvalue weighted by molar-refractivity contribution is -0.000702. The maximum absolute atomic E-state index is 5.98. The van der Waals surface area contributed by atoms with E-state index in [-0.39, 0.29) is 0 Å². The van der Waals surface area contributed by atoms with Crippen molar-refractivity contribution in [1.29, 1.82) is 0 Å². The molecule has 4 nitrogen and oxygen atoms in total. The molecule has 3 N–H and O–H groups in total. The van der Waals surface area contributed by atoms with Crippen LogP contribution >= 0.6 is 0 Å². The second-order valence-corrected chi connectivity index (χ2v) is 5.68. The predicted octanol–water partition coefficient (Wildman–Crippen LogP) is 2.47. The maximum Gasteiger partial charge on any atom is 0.193 e. The summed E-state index contributed by atoms with van der Waals surface area (Å²) in [7, 11) is 0. The highest BCUT2D eigenvalue weighted by atomic mass is 16.5. The SMILES string of the molecule is CCOC1CC(N=C(N)Nc2ccc3c(c2)CCC3)C1. The second-order valence-electron chi connectivity index (χ2n) is 5.68. The van der Waals surface area contributed by atoms with Crippen LogP contribution in [0.5, 0.6) is 0 Å². The molecule has 0 radical (unpaired) electrons.